The average molecular weight is 365 g/mol. The molecule has 0 atom stereocenters. The number of aromatic nitrogens is 2. The van der Waals surface area contributed by atoms with Gasteiger partial charge in [0.05, 0.1) is 12.2 Å². The quantitative estimate of drug-likeness (QED) is 0.719. The number of amides is 1. The molecule has 0 saturated heterocycles. The lowest BCUT2D eigenvalue weighted by molar-refractivity contribution is -0.116. The average Bonchev–Trinajstić information content (AvgIpc) is 3.20. The van der Waals surface area contributed by atoms with E-state index in [4.69, 9.17) is 9.26 Å². The van der Waals surface area contributed by atoms with Crippen molar-refractivity contribution in [1.29, 1.82) is 0 Å². The lowest BCUT2D eigenvalue weighted by Crippen LogP contribution is -2.14. The first-order valence-electron chi connectivity index (χ1n) is 8.36. The van der Waals surface area contributed by atoms with Gasteiger partial charge in [0.1, 0.15) is 5.00 Å². The summed E-state index contributed by atoms with van der Waals surface area (Å²) in [4.78, 5) is 29.5. The summed E-state index contributed by atoms with van der Waals surface area (Å²) in [6.07, 6.45) is 1.33. The van der Waals surface area contributed by atoms with Crippen LogP contribution in [0.4, 0.5) is 5.00 Å². The third kappa shape index (κ3) is 5.12. The van der Waals surface area contributed by atoms with Gasteiger partial charge in [-0.15, -0.1) is 11.3 Å². The maximum atomic E-state index is 12.2. The summed E-state index contributed by atoms with van der Waals surface area (Å²) in [5.74, 6) is 0.611. The molecule has 0 aliphatic rings. The van der Waals surface area contributed by atoms with E-state index in [2.05, 4.69) is 15.5 Å². The van der Waals surface area contributed by atoms with Gasteiger partial charge in [0.25, 0.3) is 0 Å². The van der Waals surface area contributed by atoms with Gasteiger partial charge in [-0.3, -0.25) is 4.79 Å². The summed E-state index contributed by atoms with van der Waals surface area (Å²) in [5.41, 5.74) is 0.400. The first-order chi connectivity index (χ1) is 11.9. The number of hydrogen-bond donors (Lipinski definition) is 1. The van der Waals surface area contributed by atoms with E-state index >= 15 is 0 Å². The van der Waals surface area contributed by atoms with Crippen molar-refractivity contribution in [2.45, 2.75) is 52.9 Å². The molecule has 0 saturated carbocycles. The molecule has 0 radical (unpaired) electrons. The van der Waals surface area contributed by atoms with Crippen molar-refractivity contribution in [3.8, 4) is 0 Å². The second-order valence-corrected chi connectivity index (χ2v) is 6.92. The van der Waals surface area contributed by atoms with Crippen LogP contribution in [0.15, 0.2) is 10.6 Å². The number of rotatable bonds is 8. The fourth-order valence-electron chi connectivity index (χ4n) is 2.08. The summed E-state index contributed by atoms with van der Waals surface area (Å²) >= 11 is 1.39. The highest BCUT2D eigenvalue weighted by molar-refractivity contribution is 7.16. The van der Waals surface area contributed by atoms with Gasteiger partial charge in [-0.25, -0.2) is 4.79 Å². The Morgan fingerprint density at radius 1 is 1.36 bits per heavy atom. The van der Waals surface area contributed by atoms with Crippen LogP contribution in [0.3, 0.4) is 0 Å². The second-order valence-electron chi connectivity index (χ2n) is 5.78. The Morgan fingerprint density at radius 2 is 2.12 bits per heavy atom. The molecule has 0 bridgehead atoms. The van der Waals surface area contributed by atoms with Gasteiger partial charge in [-0.1, -0.05) is 25.9 Å². The Morgan fingerprint density at radius 3 is 2.72 bits per heavy atom. The molecule has 2 rings (SSSR count). The lowest BCUT2D eigenvalue weighted by atomic mass is 10.2. The van der Waals surface area contributed by atoms with Crippen LogP contribution in [0.5, 0.6) is 0 Å². The zero-order valence-electron chi connectivity index (χ0n) is 14.9. The van der Waals surface area contributed by atoms with Crippen LogP contribution in [-0.2, 0) is 22.4 Å². The molecule has 0 aliphatic heterocycles. The number of nitrogens with zero attached hydrogens (tertiary/aromatic N) is 2. The van der Waals surface area contributed by atoms with Crippen LogP contribution in [0.1, 0.15) is 67.0 Å². The Balaban J connectivity index is 1.99. The number of carbonyl (C=O) groups is 2. The Labute approximate surface area is 150 Å². The van der Waals surface area contributed by atoms with Crippen molar-refractivity contribution in [3.05, 3.63) is 28.2 Å². The Bertz CT molecular complexity index is 736. The minimum atomic E-state index is -0.424. The molecule has 0 aromatic carbocycles. The number of aryl methyl sites for hydroxylation is 2. The van der Waals surface area contributed by atoms with E-state index in [1.165, 1.54) is 11.3 Å². The first-order valence-corrected chi connectivity index (χ1v) is 9.18. The van der Waals surface area contributed by atoms with Crippen LogP contribution in [-0.4, -0.2) is 28.6 Å². The van der Waals surface area contributed by atoms with Gasteiger partial charge < -0.3 is 14.6 Å². The van der Waals surface area contributed by atoms with Crippen molar-refractivity contribution < 1.29 is 18.8 Å². The highest BCUT2D eigenvalue weighted by Gasteiger charge is 2.19. The highest BCUT2D eigenvalue weighted by atomic mass is 32.1. The normalized spacial score (nSPS) is 10.9. The molecule has 136 valence electrons. The molecule has 0 spiro atoms. The molecule has 7 nitrogen and oxygen atoms in total. The molecule has 1 amide bonds. The first kappa shape index (κ1) is 19.1. The van der Waals surface area contributed by atoms with Crippen molar-refractivity contribution >= 4 is 28.2 Å². The van der Waals surface area contributed by atoms with Crippen molar-refractivity contribution in [2.75, 3.05) is 11.9 Å². The van der Waals surface area contributed by atoms with Gasteiger partial charge in [-0.05, 0) is 19.4 Å². The van der Waals surface area contributed by atoms with Gasteiger partial charge >= 0.3 is 5.97 Å². The summed E-state index contributed by atoms with van der Waals surface area (Å²) in [7, 11) is 0. The van der Waals surface area contributed by atoms with E-state index < -0.39 is 5.97 Å². The van der Waals surface area contributed by atoms with Crippen molar-refractivity contribution in [1.82, 2.24) is 10.1 Å². The number of thiophene rings is 1. The standard InChI is InChI=1S/C17H23N3O4S/c1-5-11-9-12(17(22)23-6-2)16(25-11)18-13(21)7-8-14-19-15(10(3)4)20-24-14/h9-10H,5-8H2,1-4H3,(H,18,21). The second kappa shape index (κ2) is 8.75. The zero-order valence-corrected chi connectivity index (χ0v) is 15.7. The number of hydrogen-bond acceptors (Lipinski definition) is 7. The molecule has 1 N–H and O–H groups in total. The topological polar surface area (TPSA) is 94.3 Å². The van der Waals surface area contributed by atoms with Crippen LogP contribution >= 0.6 is 11.3 Å². The third-order valence-corrected chi connectivity index (χ3v) is 4.64. The van der Waals surface area contributed by atoms with Crippen molar-refractivity contribution in [2.24, 2.45) is 0 Å². The van der Waals surface area contributed by atoms with Gasteiger partial charge in [0, 0.05) is 23.6 Å². The maximum absolute atomic E-state index is 12.2. The lowest BCUT2D eigenvalue weighted by Gasteiger charge is -2.05. The van der Waals surface area contributed by atoms with E-state index in [-0.39, 0.29) is 18.2 Å². The van der Waals surface area contributed by atoms with Gasteiger partial charge in [0.2, 0.25) is 11.8 Å². The zero-order chi connectivity index (χ0) is 18.4. The summed E-state index contributed by atoms with van der Waals surface area (Å²) in [6.45, 7) is 7.98. The minimum Gasteiger partial charge on any atom is -0.462 e. The monoisotopic (exact) mass is 365 g/mol. The predicted octanol–water partition coefficient (Wildman–Crippen LogP) is 3.56. The number of ether oxygens (including phenoxy) is 1. The van der Waals surface area contributed by atoms with E-state index in [9.17, 15) is 9.59 Å². The number of nitrogens with one attached hydrogen (secondary N) is 1. The largest absolute Gasteiger partial charge is 0.462 e. The molecule has 2 aromatic rings. The third-order valence-electron chi connectivity index (χ3n) is 3.45. The van der Waals surface area contributed by atoms with E-state index in [1.54, 1.807) is 13.0 Å². The number of anilines is 1. The molecule has 2 aromatic heterocycles. The molecule has 0 fully saturated rings. The smallest absolute Gasteiger partial charge is 0.341 e. The molecule has 0 aliphatic carbocycles. The van der Waals surface area contributed by atoms with Crippen LogP contribution in [0.25, 0.3) is 0 Å². The Kier molecular flexibility index (Phi) is 6.69. The molecular formula is C17H23N3O4S. The molecular weight excluding hydrogens is 342 g/mol. The van der Waals surface area contributed by atoms with Gasteiger partial charge in [-0.2, -0.15) is 4.98 Å². The van der Waals surface area contributed by atoms with Crippen LogP contribution < -0.4 is 5.32 Å². The fourth-order valence-corrected chi connectivity index (χ4v) is 3.08. The van der Waals surface area contributed by atoms with E-state index in [1.807, 2.05) is 20.8 Å². The molecule has 8 heteroatoms. The van der Waals surface area contributed by atoms with Crippen LogP contribution in [0, 0.1) is 0 Å². The molecule has 25 heavy (non-hydrogen) atoms. The van der Waals surface area contributed by atoms with Gasteiger partial charge in [0.15, 0.2) is 5.82 Å². The SMILES string of the molecule is CCOC(=O)c1cc(CC)sc1NC(=O)CCc1nc(C(C)C)no1. The summed E-state index contributed by atoms with van der Waals surface area (Å²) in [6, 6.07) is 1.77. The fraction of sp³-hybridized carbons (Fsp3) is 0.529. The number of esters is 1. The molecule has 2 heterocycles. The van der Waals surface area contributed by atoms with E-state index in [0.29, 0.717) is 35.3 Å². The van der Waals surface area contributed by atoms with Crippen LogP contribution in [0.2, 0.25) is 0 Å². The predicted molar refractivity (Wildman–Crippen MR) is 95.0 cm³/mol. The molecule has 0 unspecified atom stereocenters. The minimum absolute atomic E-state index is 0.178. The number of carbonyl (C=O) groups excluding carboxylic acids is 2. The Hall–Kier alpha value is -2.22. The highest BCUT2D eigenvalue weighted by Crippen LogP contribution is 2.29. The maximum Gasteiger partial charge on any atom is 0.341 e. The summed E-state index contributed by atoms with van der Waals surface area (Å²) < 4.78 is 10.2. The van der Waals surface area contributed by atoms with E-state index in [0.717, 1.165) is 11.3 Å². The summed E-state index contributed by atoms with van der Waals surface area (Å²) in [5, 5.41) is 7.19. The van der Waals surface area contributed by atoms with Crippen molar-refractivity contribution in [3.63, 3.8) is 0 Å².